The number of rotatable bonds is 3. The summed E-state index contributed by atoms with van der Waals surface area (Å²) < 4.78 is 4.60. The molecule has 0 fully saturated rings. The van der Waals surface area contributed by atoms with Crippen molar-refractivity contribution in [2.45, 2.75) is 6.42 Å². The monoisotopic (exact) mass is 180 g/mol. The number of methoxy groups -OCH3 is 1. The number of aliphatic hydroxyl groups excluding tert-OH is 1. The van der Waals surface area contributed by atoms with Gasteiger partial charge in [-0.2, -0.15) is 0 Å². The first kappa shape index (κ1) is 9.74. The van der Waals surface area contributed by atoms with Crippen LogP contribution < -0.4 is 0 Å². The minimum Gasteiger partial charge on any atom is -0.465 e. The van der Waals surface area contributed by atoms with E-state index < -0.39 is 0 Å². The van der Waals surface area contributed by atoms with Gasteiger partial charge in [-0.15, -0.1) is 0 Å². The fraction of sp³-hybridized carbons (Fsp3) is 0.300. The Morgan fingerprint density at radius 2 is 2.15 bits per heavy atom. The Labute approximate surface area is 77.0 Å². The topological polar surface area (TPSA) is 46.5 Å². The van der Waals surface area contributed by atoms with Gasteiger partial charge in [-0.05, 0) is 18.1 Å². The SMILES string of the molecule is COC(=O)c1ccccc1CCO. The largest absolute Gasteiger partial charge is 0.465 e. The summed E-state index contributed by atoms with van der Waals surface area (Å²) in [5, 5.41) is 8.75. The number of carbonyl (C=O) groups is 1. The summed E-state index contributed by atoms with van der Waals surface area (Å²) in [6, 6.07) is 7.10. The van der Waals surface area contributed by atoms with E-state index in [2.05, 4.69) is 4.74 Å². The molecular formula is C10H12O3. The van der Waals surface area contributed by atoms with Crippen LogP contribution in [0.15, 0.2) is 24.3 Å². The molecule has 0 aliphatic rings. The van der Waals surface area contributed by atoms with Gasteiger partial charge in [-0.1, -0.05) is 18.2 Å². The lowest BCUT2D eigenvalue weighted by atomic mass is 10.1. The number of hydrogen-bond donors (Lipinski definition) is 1. The van der Waals surface area contributed by atoms with Crippen molar-refractivity contribution in [1.29, 1.82) is 0 Å². The van der Waals surface area contributed by atoms with Crippen LogP contribution in [0.5, 0.6) is 0 Å². The van der Waals surface area contributed by atoms with Crippen LogP contribution in [0.4, 0.5) is 0 Å². The average molecular weight is 180 g/mol. The average Bonchev–Trinajstić information content (AvgIpc) is 2.18. The molecule has 0 radical (unpaired) electrons. The van der Waals surface area contributed by atoms with Crippen molar-refractivity contribution in [2.75, 3.05) is 13.7 Å². The van der Waals surface area contributed by atoms with Crippen molar-refractivity contribution in [3.63, 3.8) is 0 Å². The highest BCUT2D eigenvalue weighted by Crippen LogP contribution is 2.10. The normalized spacial score (nSPS) is 9.69. The second kappa shape index (κ2) is 4.62. The summed E-state index contributed by atoms with van der Waals surface area (Å²) in [5.74, 6) is -0.357. The molecule has 0 saturated heterocycles. The molecular weight excluding hydrogens is 168 g/mol. The Morgan fingerprint density at radius 3 is 2.77 bits per heavy atom. The molecule has 1 aromatic rings. The Bertz CT molecular complexity index is 294. The molecule has 1 N–H and O–H groups in total. The Morgan fingerprint density at radius 1 is 1.46 bits per heavy atom. The van der Waals surface area contributed by atoms with E-state index in [4.69, 9.17) is 5.11 Å². The molecule has 3 nitrogen and oxygen atoms in total. The number of hydrogen-bond acceptors (Lipinski definition) is 3. The van der Waals surface area contributed by atoms with Crippen LogP contribution in [0.2, 0.25) is 0 Å². The zero-order valence-electron chi connectivity index (χ0n) is 7.49. The zero-order valence-corrected chi connectivity index (χ0v) is 7.49. The van der Waals surface area contributed by atoms with E-state index >= 15 is 0 Å². The molecule has 1 rings (SSSR count). The summed E-state index contributed by atoms with van der Waals surface area (Å²) in [6.07, 6.45) is 0.477. The van der Waals surface area contributed by atoms with E-state index in [1.54, 1.807) is 12.1 Å². The summed E-state index contributed by atoms with van der Waals surface area (Å²) in [4.78, 5) is 11.2. The van der Waals surface area contributed by atoms with Crippen LogP contribution in [0.25, 0.3) is 0 Å². The maximum Gasteiger partial charge on any atom is 0.338 e. The van der Waals surface area contributed by atoms with Gasteiger partial charge in [-0.25, -0.2) is 4.79 Å². The third-order valence-corrected chi connectivity index (χ3v) is 1.80. The van der Waals surface area contributed by atoms with Crippen LogP contribution in [0.1, 0.15) is 15.9 Å². The highest BCUT2D eigenvalue weighted by molar-refractivity contribution is 5.90. The molecule has 0 spiro atoms. The molecule has 70 valence electrons. The fourth-order valence-corrected chi connectivity index (χ4v) is 1.17. The summed E-state index contributed by atoms with van der Waals surface area (Å²) in [7, 11) is 1.35. The smallest absolute Gasteiger partial charge is 0.338 e. The molecule has 0 aliphatic heterocycles. The molecule has 0 saturated carbocycles. The third kappa shape index (κ3) is 2.29. The highest BCUT2D eigenvalue weighted by atomic mass is 16.5. The van der Waals surface area contributed by atoms with Crippen molar-refractivity contribution >= 4 is 5.97 Å². The molecule has 0 atom stereocenters. The summed E-state index contributed by atoms with van der Waals surface area (Å²) >= 11 is 0. The Kier molecular flexibility index (Phi) is 3.46. The predicted octanol–water partition coefficient (Wildman–Crippen LogP) is 1.01. The second-order valence-electron chi connectivity index (χ2n) is 2.62. The van der Waals surface area contributed by atoms with Gasteiger partial charge in [0.25, 0.3) is 0 Å². The quantitative estimate of drug-likeness (QED) is 0.706. The van der Waals surface area contributed by atoms with Gasteiger partial charge >= 0.3 is 5.97 Å². The second-order valence-corrected chi connectivity index (χ2v) is 2.62. The first-order valence-corrected chi connectivity index (χ1v) is 4.06. The van der Waals surface area contributed by atoms with Crippen molar-refractivity contribution in [2.24, 2.45) is 0 Å². The first-order valence-electron chi connectivity index (χ1n) is 4.06. The van der Waals surface area contributed by atoms with Gasteiger partial charge in [0.15, 0.2) is 0 Å². The number of benzene rings is 1. The van der Waals surface area contributed by atoms with Gasteiger partial charge in [0.2, 0.25) is 0 Å². The van der Waals surface area contributed by atoms with Crippen molar-refractivity contribution in [1.82, 2.24) is 0 Å². The minimum absolute atomic E-state index is 0.0357. The van der Waals surface area contributed by atoms with E-state index in [9.17, 15) is 4.79 Å². The lowest BCUT2D eigenvalue weighted by Gasteiger charge is -2.05. The van der Waals surface area contributed by atoms with Gasteiger partial charge < -0.3 is 9.84 Å². The molecule has 0 unspecified atom stereocenters. The van der Waals surface area contributed by atoms with E-state index in [1.807, 2.05) is 12.1 Å². The van der Waals surface area contributed by atoms with Gasteiger partial charge in [0, 0.05) is 6.61 Å². The Hall–Kier alpha value is -1.35. The predicted molar refractivity (Wildman–Crippen MR) is 48.6 cm³/mol. The summed E-state index contributed by atoms with van der Waals surface area (Å²) in [5.41, 5.74) is 1.34. The maximum absolute atomic E-state index is 11.2. The molecule has 1 aromatic carbocycles. The molecule has 0 bridgehead atoms. The number of esters is 1. The van der Waals surface area contributed by atoms with Crippen LogP contribution in [-0.4, -0.2) is 24.8 Å². The van der Waals surface area contributed by atoms with Gasteiger partial charge in [0.1, 0.15) is 0 Å². The van der Waals surface area contributed by atoms with Gasteiger partial charge in [0.05, 0.1) is 12.7 Å². The highest BCUT2D eigenvalue weighted by Gasteiger charge is 2.09. The van der Waals surface area contributed by atoms with Crippen molar-refractivity contribution < 1.29 is 14.6 Å². The zero-order chi connectivity index (χ0) is 9.68. The number of ether oxygens (including phenoxy) is 1. The van der Waals surface area contributed by atoms with E-state index in [0.717, 1.165) is 5.56 Å². The van der Waals surface area contributed by atoms with Crippen LogP contribution in [-0.2, 0) is 11.2 Å². The molecule has 3 heteroatoms. The van der Waals surface area contributed by atoms with E-state index in [1.165, 1.54) is 7.11 Å². The fourth-order valence-electron chi connectivity index (χ4n) is 1.17. The standard InChI is InChI=1S/C10H12O3/c1-13-10(12)9-5-3-2-4-8(9)6-7-11/h2-5,11H,6-7H2,1H3. The molecule has 0 aromatic heterocycles. The van der Waals surface area contributed by atoms with E-state index in [-0.39, 0.29) is 12.6 Å². The van der Waals surface area contributed by atoms with Crippen LogP contribution >= 0.6 is 0 Å². The van der Waals surface area contributed by atoms with Crippen LogP contribution in [0.3, 0.4) is 0 Å². The van der Waals surface area contributed by atoms with Crippen molar-refractivity contribution in [3.8, 4) is 0 Å². The molecule has 13 heavy (non-hydrogen) atoms. The molecule has 0 heterocycles. The maximum atomic E-state index is 11.2. The molecule has 0 amide bonds. The summed E-state index contributed by atoms with van der Waals surface area (Å²) in [6.45, 7) is 0.0357. The van der Waals surface area contributed by atoms with Crippen LogP contribution in [0, 0.1) is 0 Å². The Balaban J connectivity index is 2.97. The lowest BCUT2D eigenvalue weighted by molar-refractivity contribution is 0.0599. The van der Waals surface area contributed by atoms with E-state index in [0.29, 0.717) is 12.0 Å². The molecule has 0 aliphatic carbocycles. The number of carbonyl (C=O) groups excluding carboxylic acids is 1. The minimum atomic E-state index is -0.357. The third-order valence-electron chi connectivity index (χ3n) is 1.80. The van der Waals surface area contributed by atoms with Crippen molar-refractivity contribution in [3.05, 3.63) is 35.4 Å². The first-order chi connectivity index (χ1) is 6.29. The lowest BCUT2D eigenvalue weighted by Crippen LogP contribution is -2.06. The number of aliphatic hydroxyl groups is 1. The van der Waals surface area contributed by atoms with Gasteiger partial charge in [-0.3, -0.25) is 0 Å².